The number of methoxy groups -OCH3 is 1. The fraction of sp³-hybridized carbons (Fsp3) is 0.222. The van der Waals surface area contributed by atoms with E-state index in [0.29, 0.717) is 16.8 Å². The van der Waals surface area contributed by atoms with E-state index in [1.807, 2.05) is 6.92 Å². The number of hydrogen-bond acceptors (Lipinski definition) is 5. The number of aromatic nitrogens is 3. The highest BCUT2D eigenvalue weighted by Crippen LogP contribution is 2.28. The van der Waals surface area contributed by atoms with Gasteiger partial charge in [-0.1, -0.05) is 0 Å². The van der Waals surface area contributed by atoms with Gasteiger partial charge in [0.2, 0.25) is 5.28 Å². The van der Waals surface area contributed by atoms with E-state index in [0.717, 1.165) is 5.69 Å². The van der Waals surface area contributed by atoms with E-state index in [4.69, 9.17) is 22.1 Å². The lowest BCUT2D eigenvalue weighted by molar-refractivity contribution is 0.419. The molecule has 2 heterocycles. The Kier molecular flexibility index (Phi) is 2.32. The number of nitrogens with two attached hydrogens (primary N) is 1. The largest absolute Gasteiger partial charge is 0.496 e. The quantitative estimate of drug-likeness (QED) is 0.745. The molecule has 5 nitrogen and oxygen atoms in total. The molecule has 0 saturated heterocycles. The summed E-state index contributed by atoms with van der Waals surface area (Å²) in [5, 5.41) is 0.674. The highest BCUT2D eigenvalue weighted by atomic mass is 35.5. The van der Waals surface area contributed by atoms with Crippen molar-refractivity contribution in [1.82, 2.24) is 15.0 Å². The standard InChI is InChI=1S/C9H9ClN4O/c1-4-3-5(15-2)6-7(11)13-9(10)14-8(6)12-4/h3H,1-2H3,(H2,11,12,13,14). The van der Waals surface area contributed by atoms with Gasteiger partial charge in [-0.15, -0.1) is 0 Å². The smallest absolute Gasteiger partial charge is 0.226 e. The lowest BCUT2D eigenvalue weighted by Crippen LogP contribution is -2.00. The molecule has 0 aliphatic carbocycles. The molecule has 0 aromatic carbocycles. The maximum atomic E-state index is 5.73. The fourth-order valence-electron chi connectivity index (χ4n) is 1.38. The lowest BCUT2D eigenvalue weighted by atomic mass is 10.2. The Hall–Kier alpha value is -1.62. The second-order valence-electron chi connectivity index (χ2n) is 3.04. The van der Waals surface area contributed by atoms with Gasteiger partial charge in [-0.05, 0) is 18.5 Å². The minimum Gasteiger partial charge on any atom is -0.496 e. The lowest BCUT2D eigenvalue weighted by Gasteiger charge is -2.07. The molecule has 2 aromatic rings. The van der Waals surface area contributed by atoms with E-state index in [-0.39, 0.29) is 11.1 Å². The van der Waals surface area contributed by atoms with E-state index < -0.39 is 0 Å². The third-order valence-electron chi connectivity index (χ3n) is 1.98. The molecule has 0 aliphatic heterocycles. The van der Waals surface area contributed by atoms with Gasteiger partial charge >= 0.3 is 0 Å². The normalized spacial score (nSPS) is 10.6. The molecule has 0 unspecified atom stereocenters. The molecule has 0 spiro atoms. The third kappa shape index (κ3) is 1.66. The number of nitrogens with zero attached hydrogens (tertiary/aromatic N) is 3. The summed E-state index contributed by atoms with van der Waals surface area (Å²) in [5.41, 5.74) is 6.96. The predicted molar refractivity (Wildman–Crippen MR) is 58.0 cm³/mol. The number of anilines is 1. The first-order chi connectivity index (χ1) is 7.11. The van der Waals surface area contributed by atoms with Gasteiger partial charge in [-0.2, -0.15) is 4.98 Å². The first-order valence-electron chi connectivity index (χ1n) is 4.26. The van der Waals surface area contributed by atoms with Gasteiger partial charge in [0.05, 0.1) is 7.11 Å². The molecule has 15 heavy (non-hydrogen) atoms. The van der Waals surface area contributed by atoms with Crippen LogP contribution in [-0.2, 0) is 0 Å². The Morgan fingerprint density at radius 3 is 2.73 bits per heavy atom. The molecular formula is C9H9ClN4O. The van der Waals surface area contributed by atoms with Gasteiger partial charge in [0.1, 0.15) is 17.0 Å². The Balaban J connectivity index is 2.90. The Bertz CT molecular complexity index is 524. The van der Waals surface area contributed by atoms with Crippen molar-refractivity contribution in [3.63, 3.8) is 0 Å². The number of aryl methyl sites for hydroxylation is 1. The van der Waals surface area contributed by atoms with E-state index >= 15 is 0 Å². The molecule has 2 N–H and O–H groups in total. The van der Waals surface area contributed by atoms with Gasteiger partial charge in [-0.3, -0.25) is 0 Å². The first-order valence-corrected chi connectivity index (χ1v) is 4.64. The summed E-state index contributed by atoms with van der Waals surface area (Å²) >= 11 is 5.69. The van der Waals surface area contributed by atoms with Crippen LogP contribution in [0, 0.1) is 6.92 Å². The molecule has 0 radical (unpaired) electrons. The van der Waals surface area contributed by atoms with Crippen molar-refractivity contribution in [2.45, 2.75) is 6.92 Å². The predicted octanol–water partition coefficient (Wildman–Crippen LogP) is 1.58. The molecule has 2 rings (SSSR count). The van der Waals surface area contributed by atoms with Gasteiger partial charge < -0.3 is 10.5 Å². The number of hydrogen-bond donors (Lipinski definition) is 1. The Labute approximate surface area is 91.3 Å². The highest BCUT2D eigenvalue weighted by molar-refractivity contribution is 6.28. The second kappa shape index (κ2) is 3.51. The minimum absolute atomic E-state index is 0.0835. The van der Waals surface area contributed by atoms with Crippen LogP contribution < -0.4 is 10.5 Å². The van der Waals surface area contributed by atoms with Crippen molar-refractivity contribution in [2.24, 2.45) is 0 Å². The topological polar surface area (TPSA) is 73.9 Å². The molecule has 78 valence electrons. The number of rotatable bonds is 1. The van der Waals surface area contributed by atoms with Crippen LogP contribution in [0.3, 0.4) is 0 Å². The fourth-order valence-corrected chi connectivity index (χ4v) is 1.55. The number of fused-ring (bicyclic) bond motifs is 1. The molecule has 0 saturated carbocycles. The van der Waals surface area contributed by atoms with Crippen molar-refractivity contribution >= 4 is 28.5 Å². The van der Waals surface area contributed by atoms with Crippen LogP contribution in [0.2, 0.25) is 5.28 Å². The number of pyridine rings is 1. The van der Waals surface area contributed by atoms with Crippen molar-refractivity contribution in [1.29, 1.82) is 0 Å². The van der Waals surface area contributed by atoms with Crippen molar-refractivity contribution < 1.29 is 4.74 Å². The zero-order chi connectivity index (χ0) is 11.0. The van der Waals surface area contributed by atoms with Crippen LogP contribution in [0.4, 0.5) is 5.82 Å². The minimum atomic E-state index is 0.0835. The molecule has 0 bridgehead atoms. The summed E-state index contributed by atoms with van der Waals surface area (Å²) in [5.74, 6) is 0.876. The molecule has 0 atom stereocenters. The average molecular weight is 225 g/mol. The highest BCUT2D eigenvalue weighted by Gasteiger charge is 2.11. The molecule has 2 aromatic heterocycles. The zero-order valence-electron chi connectivity index (χ0n) is 8.28. The van der Waals surface area contributed by atoms with Crippen LogP contribution >= 0.6 is 11.6 Å². The molecule has 0 amide bonds. The maximum absolute atomic E-state index is 5.73. The third-order valence-corrected chi connectivity index (χ3v) is 2.15. The van der Waals surface area contributed by atoms with Gasteiger partial charge in [-0.25, -0.2) is 9.97 Å². The Morgan fingerprint density at radius 2 is 2.07 bits per heavy atom. The zero-order valence-corrected chi connectivity index (χ0v) is 9.04. The average Bonchev–Trinajstić information content (AvgIpc) is 2.14. The number of nitrogen functional groups attached to an aromatic ring is 1. The van der Waals surface area contributed by atoms with Crippen molar-refractivity contribution in [3.8, 4) is 5.75 Å². The summed E-state index contributed by atoms with van der Waals surface area (Å²) in [6.45, 7) is 1.84. The van der Waals surface area contributed by atoms with Crippen LogP contribution in [-0.4, -0.2) is 22.1 Å². The molecule has 6 heteroatoms. The summed E-state index contributed by atoms with van der Waals surface area (Å²) in [4.78, 5) is 12.1. The first kappa shape index (κ1) is 9.92. The summed E-state index contributed by atoms with van der Waals surface area (Å²) in [6.07, 6.45) is 0. The number of halogens is 1. The second-order valence-corrected chi connectivity index (χ2v) is 3.38. The van der Waals surface area contributed by atoms with E-state index in [9.17, 15) is 0 Å². The maximum Gasteiger partial charge on any atom is 0.226 e. The van der Waals surface area contributed by atoms with Crippen LogP contribution in [0.25, 0.3) is 11.0 Å². The van der Waals surface area contributed by atoms with Gasteiger partial charge in [0.15, 0.2) is 5.65 Å². The van der Waals surface area contributed by atoms with Crippen LogP contribution in [0.5, 0.6) is 5.75 Å². The van der Waals surface area contributed by atoms with Crippen LogP contribution in [0.1, 0.15) is 5.69 Å². The Morgan fingerprint density at radius 1 is 1.33 bits per heavy atom. The van der Waals surface area contributed by atoms with E-state index in [2.05, 4.69) is 15.0 Å². The summed E-state index contributed by atoms with van der Waals surface area (Å²) < 4.78 is 5.19. The SMILES string of the molecule is COc1cc(C)nc2nc(Cl)nc(N)c12. The number of ether oxygens (including phenoxy) is 1. The van der Waals surface area contributed by atoms with Gasteiger partial charge in [0.25, 0.3) is 0 Å². The summed E-state index contributed by atoms with van der Waals surface area (Å²) in [7, 11) is 1.56. The van der Waals surface area contributed by atoms with Crippen LogP contribution in [0.15, 0.2) is 6.07 Å². The van der Waals surface area contributed by atoms with Crippen molar-refractivity contribution in [2.75, 3.05) is 12.8 Å². The molecular weight excluding hydrogens is 216 g/mol. The molecule has 0 aliphatic rings. The summed E-state index contributed by atoms with van der Waals surface area (Å²) in [6, 6.07) is 1.77. The molecule has 0 fully saturated rings. The monoisotopic (exact) mass is 224 g/mol. The van der Waals surface area contributed by atoms with E-state index in [1.54, 1.807) is 13.2 Å². The van der Waals surface area contributed by atoms with Gasteiger partial charge in [0, 0.05) is 11.8 Å². The van der Waals surface area contributed by atoms with E-state index in [1.165, 1.54) is 0 Å². The van der Waals surface area contributed by atoms with Crippen molar-refractivity contribution in [3.05, 3.63) is 17.0 Å².